The Hall–Kier alpha value is -1.33. The molecular weight excluding hydrogens is 336 g/mol. The van der Waals surface area contributed by atoms with Gasteiger partial charge in [0.15, 0.2) is 0 Å². The number of hydrogen-bond acceptors (Lipinski definition) is 3. The van der Waals surface area contributed by atoms with Crippen LogP contribution in [0.3, 0.4) is 0 Å². The maximum Gasteiger partial charge on any atom is 0.261 e. The van der Waals surface area contributed by atoms with Gasteiger partial charge in [-0.1, -0.05) is 6.07 Å². The number of halogens is 1. The number of carbonyl (C=O) groups is 1. The van der Waals surface area contributed by atoms with Gasteiger partial charge >= 0.3 is 0 Å². The van der Waals surface area contributed by atoms with Crippen LogP contribution >= 0.6 is 27.3 Å². The smallest absolute Gasteiger partial charge is 0.261 e. The number of nitrogens with two attached hydrogens (primary N) is 1. The van der Waals surface area contributed by atoms with E-state index in [0.29, 0.717) is 0 Å². The molecule has 2 aromatic rings. The number of thiophene rings is 1. The molecular formula is C15H15BrN2OS. The van der Waals surface area contributed by atoms with Gasteiger partial charge in [0.1, 0.15) is 0 Å². The molecule has 3 rings (SSSR count). The van der Waals surface area contributed by atoms with Crippen molar-refractivity contribution in [1.82, 2.24) is 5.32 Å². The van der Waals surface area contributed by atoms with Gasteiger partial charge in [-0.3, -0.25) is 4.79 Å². The molecule has 1 amide bonds. The minimum atomic E-state index is -0.00428. The van der Waals surface area contributed by atoms with Crippen LogP contribution in [0.4, 0.5) is 5.69 Å². The lowest BCUT2D eigenvalue weighted by Gasteiger charge is -2.26. The summed E-state index contributed by atoms with van der Waals surface area (Å²) in [5.74, 6) is -0.00428. The normalized spacial score (nSPS) is 17.6. The van der Waals surface area contributed by atoms with Gasteiger partial charge in [-0.25, -0.2) is 0 Å². The van der Waals surface area contributed by atoms with Crippen LogP contribution < -0.4 is 11.1 Å². The predicted molar refractivity (Wildman–Crippen MR) is 86.0 cm³/mol. The number of aryl methyl sites for hydroxylation is 1. The molecule has 1 atom stereocenters. The van der Waals surface area contributed by atoms with Crippen LogP contribution in [-0.2, 0) is 6.42 Å². The number of nitrogen functional groups attached to an aromatic ring is 1. The van der Waals surface area contributed by atoms with Gasteiger partial charge in [0.2, 0.25) is 0 Å². The lowest BCUT2D eigenvalue weighted by atomic mass is 9.87. The van der Waals surface area contributed by atoms with Crippen LogP contribution in [0.2, 0.25) is 0 Å². The van der Waals surface area contributed by atoms with E-state index in [1.165, 1.54) is 22.5 Å². The molecule has 1 aliphatic carbocycles. The molecule has 0 spiro atoms. The van der Waals surface area contributed by atoms with Crippen molar-refractivity contribution in [3.05, 3.63) is 50.1 Å². The molecule has 0 saturated heterocycles. The summed E-state index contributed by atoms with van der Waals surface area (Å²) in [6, 6.07) is 7.92. The molecule has 3 nitrogen and oxygen atoms in total. The molecule has 0 bridgehead atoms. The van der Waals surface area contributed by atoms with Crippen LogP contribution in [0.25, 0.3) is 0 Å². The van der Waals surface area contributed by atoms with Gasteiger partial charge in [0.25, 0.3) is 5.91 Å². The second-order valence-electron chi connectivity index (χ2n) is 5.01. The van der Waals surface area contributed by atoms with E-state index in [1.807, 2.05) is 29.6 Å². The van der Waals surface area contributed by atoms with Crippen molar-refractivity contribution >= 4 is 38.9 Å². The number of nitrogens with one attached hydrogen (secondary N) is 1. The first-order chi connectivity index (χ1) is 9.63. The van der Waals surface area contributed by atoms with Gasteiger partial charge in [-0.05, 0) is 64.5 Å². The van der Waals surface area contributed by atoms with Crippen LogP contribution in [0.5, 0.6) is 0 Å². The molecule has 1 aliphatic rings. The fourth-order valence-corrected chi connectivity index (χ4v) is 3.98. The standard InChI is InChI=1S/C15H15BrN2OS/c16-10-7-14(20-8-10)15(19)18-13-3-1-2-9-6-11(17)4-5-12(9)13/h4-8,13H,1-3,17H2,(H,18,19). The lowest BCUT2D eigenvalue weighted by Crippen LogP contribution is -2.30. The van der Waals surface area contributed by atoms with Gasteiger partial charge in [0.05, 0.1) is 10.9 Å². The Morgan fingerprint density at radius 1 is 1.40 bits per heavy atom. The lowest BCUT2D eigenvalue weighted by molar-refractivity contribution is 0.0937. The maximum atomic E-state index is 12.3. The van der Waals surface area contributed by atoms with Crippen LogP contribution in [0.15, 0.2) is 34.1 Å². The summed E-state index contributed by atoms with van der Waals surface area (Å²) in [6.45, 7) is 0. The van der Waals surface area contributed by atoms with E-state index >= 15 is 0 Å². The van der Waals surface area contributed by atoms with E-state index in [1.54, 1.807) is 0 Å². The average molecular weight is 351 g/mol. The van der Waals surface area contributed by atoms with Gasteiger partial charge < -0.3 is 11.1 Å². The Balaban J connectivity index is 1.81. The van der Waals surface area contributed by atoms with Crippen molar-refractivity contribution in [1.29, 1.82) is 0 Å². The second kappa shape index (κ2) is 5.58. The first kappa shape index (κ1) is 13.6. The third-order valence-electron chi connectivity index (χ3n) is 3.58. The van der Waals surface area contributed by atoms with Gasteiger partial charge in [0, 0.05) is 15.5 Å². The Morgan fingerprint density at radius 3 is 3.00 bits per heavy atom. The molecule has 1 aromatic heterocycles. The number of fused-ring (bicyclic) bond motifs is 1. The summed E-state index contributed by atoms with van der Waals surface area (Å²) >= 11 is 4.83. The minimum Gasteiger partial charge on any atom is -0.399 e. The predicted octanol–water partition coefficient (Wildman–Crippen LogP) is 3.90. The van der Waals surface area contributed by atoms with Crippen molar-refractivity contribution in [3.8, 4) is 0 Å². The zero-order chi connectivity index (χ0) is 14.1. The topological polar surface area (TPSA) is 55.1 Å². The third kappa shape index (κ3) is 2.74. The zero-order valence-electron chi connectivity index (χ0n) is 10.9. The van der Waals surface area contributed by atoms with Crippen LogP contribution in [-0.4, -0.2) is 5.91 Å². The molecule has 0 saturated carbocycles. The second-order valence-corrected chi connectivity index (χ2v) is 6.83. The SMILES string of the molecule is Nc1ccc2c(c1)CCCC2NC(=O)c1cc(Br)cs1. The number of carbonyl (C=O) groups excluding carboxylic acids is 1. The van der Waals surface area contributed by atoms with Gasteiger partial charge in [-0.2, -0.15) is 0 Å². The number of hydrogen-bond donors (Lipinski definition) is 2. The Morgan fingerprint density at radius 2 is 2.25 bits per heavy atom. The van der Waals surface area contributed by atoms with Crippen molar-refractivity contribution in [3.63, 3.8) is 0 Å². The maximum absolute atomic E-state index is 12.3. The fourth-order valence-electron chi connectivity index (χ4n) is 2.65. The molecule has 1 heterocycles. The summed E-state index contributed by atoms with van der Waals surface area (Å²) < 4.78 is 0.949. The van der Waals surface area contributed by atoms with E-state index in [2.05, 4.69) is 21.2 Å². The first-order valence-corrected chi connectivity index (χ1v) is 8.24. The Kier molecular flexibility index (Phi) is 3.81. The highest BCUT2D eigenvalue weighted by Crippen LogP contribution is 2.31. The molecule has 1 unspecified atom stereocenters. The molecule has 5 heteroatoms. The molecule has 3 N–H and O–H groups in total. The van der Waals surface area contributed by atoms with E-state index < -0.39 is 0 Å². The summed E-state index contributed by atoms with van der Waals surface area (Å²) in [7, 11) is 0. The average Bonchev–Trinajstić information content (AvgIpc) is 2.85. The van der Waals surface area contributed by atoms with E-state index in [9.17, 15) is 4.79 Å². The Bertz CT molecular complexity index is 653. The number of amides is 1. The van der Waals surface area contributed by atoms with E-state index in [0.717, 1.165) is 34.3 Å². The van der Waals surface area contributed by atoms with Crippen molar-refractivity contribution in [2.45, 2.75) is 25.3 Å². The van der Waals surface area contributed by atoms with Crippen LogP contribution in [0, 0.1) is 0 Å². The number of benzene rings is 1. The van der Waals surface area contributed by atoms with Gasteiger partial charge in [-0.15, -0.1) is 11.3 Å². The summed E-state index contributed by atoms with van der Waals surface area (Å²) in [4.78, 5) is 13.0. The van der Waals surface area contributed by atoms with Crippen molar-refractivity contribution in [2.75, 3.05) is 5.73 Å². The number of rotatable bonds is 2. The zero-order valence-corrected chi connectivity index (χ0v) is 13.3. The quantitative estimate of drug-likeness (QED) is 0.807. The van der Waals surface area contributed by atoms with Crippen molar-refractivity contribution in [2.24, 2.45) is 0 Å². The molecule has 20 heavy (non-hydrogen) atoms. The monoisotopic (exact) mass is 350 g/mol. The molecule has 0 fully saturated rings. The molecule has 104 valence electrons. The van der Waals surface area contributed by atoms with Crippen molar-refractivity contribution < 1.29 is 4.79 Å². The summed E-state index contributed by atoms with van der Waals surface area (Å²) in [6.07, 6.45) is 3.10. The minimum absolute atomic E-state index is 0.00428. The Labute approximate surface area is 130 Å². The fraction of sp³-hybridized carbons (Fsp3) is 0.267. The molecule has 0 radical (unpaired) electrons. The summed E-state index contributed by atoms with van der Waals surface area (Å²) in [5.41, 5.74) is 9.08. The highest BCUT2D eigenvalue weighted by atomic mass is 79.9. The van der Waals surface area contributed by atoms with E-state index in [4.69, 9.17) is 5.73 Å². The highest BCUT2D eigenvalue weighted by Gasteiger charge is 2.22. The number of anilines is 1. The first-order valence-electron chi connectivity index (χ1n) is 6.56. The molecule has 0 aliphatic heterocycles. The highest BCUT2D eigenvalue weighted by molar-refractivity contribution is 9.10. The largest absolute Gasteiger partial charge is 0.399 e. The summed E-state index contributed by atoms with van der Waals surface area (Å²) in [5, 5.41) is 5.06. The molecule has 1 aromatic carbocycles. The third-order valence-corrected chi connectivity index (χ3v) is 5.27. The van der Waals surface area contributed by atoms with E-state index in [-0.39, 0.29) is 11.9 Å². The van der Waals surface area contributed by atoms with Crippen LogP contribution in [0.1, 0.15) is 39.7 Å².